The summed E-state index contributed by atoms with van der Waals surface area (Å²) in [5.41, 5.74) is 1.69. The molecule has 2 heterocycles. The lowest BCUT2D eigenvalue weighted by Gasteiger charge is -2.33. The Balaban J connectivity index is 1.39. The summed E-state index contributed by atoms with van der Waals surface area (Å²) in [5, 5.41) is 21.0. The second-order valence-corrected chi connectivity index (χ2v) is 27.1. The number of rotatable bonds is 31. The van der Waals surface area contributed by atoms with Crippen LogP contribution in [0.4, 0.5) is 0 Å². The summed E-state index contributed by atoms with van der Waals surface area (Å²) >= 11 is 6.39. The van der Waals surface area contributed by atoms with Crippen LogP contribution in [0.3, 0.4) is 0 Å². The molecule has 26 heteroatoms. The summed E-state index contributed by atoms with van der Waals surface area (Å²) in [7, 11) is -4.31. The van der Waals surface area contributed by atoms with Crippen molar-refractivity contribution in [2.45, 2.75) is 195 Å². The lowest BCUT2D eigenvalue weighted by atomic mass is 9.83. The molecule has 2 aliphatic heterocycles. The van der Waals surface area contributed by atoms with Crippen LogP contribution in [-0.4, -0.2) is 155 Å². The van der Waals surface area contributed by atoms with Crippen LogP contribution in [0.2, 0.25) is 5.02 Å². The molecule has 91 heavy (non-hydrogen) atoms. The van der Waals surface area contributed by atoms with Gasteiger partial charge in [0, 0.05) is 107 Å². The van der Waals surface area contributed by atoms with Crippen molar-refractivity contribution in [2.75, 3.05) is 25.4 Å². The van der Waals surface area contributed by atoms with E-state index in [2.05, 4.69) is 16.0 Å². The molecule has 0 saturated carbocycles. The van der Waals surface area contributed by atoms with Gasteiger partial charge in [-0.2, -0.15) is 8.42 Å². The van der Waals surface area contributed by atoms with E-state index in [-0.39, 0.29) is 108 Å². The van der Waals surface area contributed by atoms with E-state index in [1.807, 2.05) is 45.0 Å². The third-order valence-corrected chi connectivity index (χ3v) is 17.3. The molecule has 0 unspecified atom stereocenters. The van der Waals surface area contributed by atoms with Gasteiger partial charge in [-0.15, -0.1) is 5.06 Å². The molecule has 0 aliphatic carbocycles. The number of benzene rings is 2. The zero-order chi connectivity index (χ0) is 68.1. The number of nitrogens with one attached hydrogen (secondary N) is 3. The minimum atomic E-state index is -4.31. The zero-order valence-corrected chi connectivity index (χ0v) is 55.3. The number of cyclic esters (lactones) is 2. The van der Waals surface area contributed by atoms with E-state index in [1.165, 1.54) is 12.2 Å². The number of ketones is 3. The second-order valence-electron chi connectivity index (χ2n) is 25.1. The standard InChI is InChI=1S/C65H90ClN5O19S/c1-38(2)33-53-63(83)88-52(14-11-15-54(75)68-49(36-45-17-16-40(5)48(66)35-45)62(82)67-37-65(9,10)64(84)89-53)43(8)61(81)42(7)46-21-18-44(19-22-46)20-24-50(73)41(6)34-51(74)60(39(3)4)69-55(76)28-30-70(31-29-59(80)90-71-57(78)26-27-58(71)79)56(77)25-23-47(72)13-12-32-91(85,86)87/h11,15-19,21-22,35,38-39,41-43,49,52-53,60-61,81H,12-14,20,23-34,36-37H2,1-10H3,(H,67,82)(H,68,75)(H,69,76)(H,85,86,87)/b15-11+/t41-,42-,43+,49-,52+,53+,60+,61+/m1/s1. The van der Waals surface area contributed by atoms with Gasteiger partial charge in [-0.3, -0.25) is 52.5 Å². The molecule has 2 aromatic rings. The number of nitrogens with zero attached hydrogens (tertiary/aromatic N) is 2. The number of aryl methyl sites for hydroxylation is 2. The number of hydrogen-bond acceptors (Lipinski definition) is 18. The Morgan fingerprint density at radius 3 is 2.09 bits per heavy atom. The fourth-order valence-electron chi connectivity index (χ4n) is 10.1. The predicted molar refractivity (Wildman–Crippen MR) is 333 cm³/mol. The molecule has 4 rings (SSSR count). The highest BCUT2D eigenvalue weighted by Gasteiger charge is 2.39. The van der Waals surface area contributed by atoms with Gasteiger partial charge in [0.15, 0.2) is 11.9 Å². The van der Waals surface area contributed by atoms with Crippen LogP contribution < -0.4 is 16.0 Å². The molecule has 1 saturated heterocycles. The monoisotopic (exact) mass is 1310 g/mol. The molecule has 502 valence electrons. The van der Waals surface area contributed by atoms with Crippen molar-refractivity contribution >= 4 is 92.4 Å². The summed E-state index contributed by atoms with van der Waals surface area (Å²) in [5.74, 6) is -10.9. The number of carbonyl (C=O) groups excluding carboxylic acids is 12. The van der Waals surface area contributed by atoms with Crippen molar-refractivity contribution in [2.24, 2.45) is 29.1 Å². The molecular formula is C65H90ClN5O19S. The minimum absolute atomic E-state index is 0.0444. The topological polar surface area (TPSA) is 350 Å². The highest BCUT2D eigenvalue weighted by Crippen LogP contribution is 2.31. The van der Waals surface area contributed by atoms with Crippen LogP contribution in [-0.2, 0) is 94.8 Å². The second kappa shape index (κ2) is 35.6. The molecule has 6 amide bonds. The quantitative estimate of drug-likeness (QED) is 0.0332. The molecule has 0 bridgehead atoms. The lowest BCUT2D eigenvalue weighted by Crippen LogP contribution is -2.51. The number of hydrogen-bond donors (Lipinski definition) is 5. The van der Waals surface area contributed by atoms with Gasteiger partial charge < -0.3 is 40.3 Å². The predicted octanol–water partition coefficient (Wildman–Crippen LogP) is 5.92. The fourth-order valence-corrected chi connectivity index (χ4v) is 10.8. The number of ether oxygens (including phenoxy) is 2. The van der Waals surface area contributed by atoms with E-state index < -0.39 is 147 Å². The number of aliphatic hydroxyl groups excluding tert-OH is 1. The van der Waals surface area contributed by atoms with Gasteiger partial charge in [-0.05, 0) is 86.3 Å². The van der Waals surface area contributed by atoms with Crippen molar-refractivity contribution in [3.63, 3.8) is 0 Å². The van der Waals surface area contributed by atoms with Crippen LogP contribution in [0.15, 0.2) is 54.6 Å². The van der Waals surface area contributed by atoms with Crippen LogP contribution in [0.1, 0.15) is 168 Å². The third kappa shape index (κ3) is 25.4. The number of imide groups is 1. The largest absolute Gasteiger partial charge is 0.459 e. The molecule has 2 aliphatic rings. The number of hydroxylamine groups is 2. The molecule has 5 N–H and O–H groups in total. The van der Waals surface area contributed by atoms with Crippen LogP contribution >= 0.6 is 11.6 Å². The van der Waals surface area contributed by atoms with Crippen molar-refractivity contribution in [1.82, 2.24) is 25.9 Å². The average Bonchev–Trinajstić information content (AvgIpc) is 2.60. The van der Waals surface area contributed by atoms with E-state index in [4.69, 9.17) is 30.5 Å². The molecule has 2 aromatic carbocycles. The zero-order valence-electron chi connectivity index (χ0n) is 53.7. The van der Waals surface area contributed by atoms with Gasteiger partial charge in [0.2, 0.25) is 23.6 Å². The van der Waals surface area contributed by atoms with Gasteiger partial charge in [-0.1, -0.05) is 103 Å². The summed E-state index contributed by atoms with van der Waals surface area (Å²) in [6.45, 7) is 16.4. The Morgan fingerprint density at radius 2 is 1.47 bits per heavy atom. The maximum atomic E-state index is 14.0. The highest BCUT2D eigenvalue weighted by molar-refractivity contribution is 7.85. The maximum Gasteiger partial charge on any atom is 0.347 e. The Kier molecular flexibility index (Phi) is 29.8. The first-order valence-corrected chi connectivity index (χ1v) is 32.9. The number of amides is 6. The van der Waals surface area contributed by atoms with E-state index in [0.717, 1.165) is 16.0 Å². The summed E-state index contributed by atoms with van der Waals surface area (Å²) in [4.78, 5) is 164. The number of halogens is 1. The Labute approximate surface area is 537 Å². The van der Waals surface area contributed by atoms with E-state index in [0.29, 0.717) is 27.6 Å². The molecule has 0 spiro atoms. The van der Waals surface area contributed by atoms with Crippen molar-refractivity contribution < 1.29 is 89.9 Å². The number of carbonyl (C=O) groups is 12. The molecule has 0 radical (unpaired) electrons. The first-order chi connectivity index (χ1) is 42.5. The van der Waals surface area contributed by atoms with Crippen molar-refractivity contribution in [1.29, 1.82) is 0 Å². The molecule has 1 fully saturated rings. The SMILES string of the molecule is Cc1ccc(C[C@H]2NC(=O)/C=C/C[C@@H]([C@H](C)[C@@H](O)[C@H](C)c3ccc(CCC(=O)[C@H](C)CC(=O)[C@@H](NC(=O)CCN(CCC(=O)ON4C(=O)CCC4=O)C(=O)CCC(=O)CCCS(=O)(=O)O)C(C)C)cc3)OC(=O)[C@H](CC(C)C)OC(=O)C(C)(C)CNC2=O)cc1Cl. The smallest absolute Gasteiger partial charge is 0.347 e. The van der Waals surface area contributed by atoms with Gasteiger partial charge in [0.05, 0.1) is 29.7 Å². The van der Waals surface area contributed by atoms with Gasteiger partial charge in [-0.25, -0.2) is 9.59 Å². The van der Waals surface area contributed by atoms with E-state index in [9.17, 15) is 71.1 Å². The van der Waals surface area contributed by atoms with Gasteiger partial charge in [0.25, 0.3) is 21.9 Å². The summed E-state index contributed by atoms with van der Waals surface area (Å²) < 4.78 is 43.0. The number of esters is 2. The first kappa shape index (κ1) is 76.2. The van der Waals surface area contributed by atoms with E-state index in [1.54, 1.807) is 66.7 Å². The molecule has 8 atom stereocenters. The maximum absolute atomic E-state index is 14.0. The fraction of sp³-hybridized carbons (Fsp3) is 0.600. The molecule has 24 nitrogen and oxygen atoms in total. The normalized spacial score (nSPS) is 19.7. The average molecular weight is 1310 g/mol. The van der Waals surface area contributed by atoms with Crippen molar-refractivity contribution in [3.8, 4) is 0 Å². The van der Waals surface area contributed by atoms with Crippen LogP contribution in [0.25, 0.3) is 0 Å². The van der Waals surface area contributed by atoms with Gasteiger partial charge in [0.1, 0.15) is 23.7 Å². The Bertz CT molecular complexity index is 3090. The highest BCUT2D eigenvalue weighted by atomic mass is 35.5. The third-order valence-electron chi connectivity index (χ3n) is 16.1. The summed E-state index contributed by atoms with van der Waals surface area (Å²) in [6, 6.07) is 10.5. The Hall–Kier alpha value is -7.22. The Morgan fingerprint density at radius 1 is 0.835 bits per heavy atom. The minimum Gasteiger partial charge on any atom is -0.459 e. The lowest BCUT2D eigenvalue weighted by molar-refractivity contribution is -0.197. The molecule has 0 aromatic heterocycles. The molecular weight excluding hydrogens is 1220 g/mol. The van der Waals surface area contributed by atoms with Crippen LogP contribution in [0, 0.1) is 36.0 Å². The van der Waals surface area contributed by atoms with Crippen LogP contribution in [0.5, 0.6) is 0 Å². The summed E-state index contributed by atoms with van der Waals surface area (Å²) in [6.07, 6.45) is -2.72. The van der Waals surface area contributed by atoms with E-state index >= 15 is 0 Å². The first-order valence-electron chi connectivity index (χ1n) is 30.9. The number of aliphatic hydroxyl groups is 1. The number of Topliss-reactive ketones (excluding diaryl/α,β-unsaturated/α-hetero) is 3. The van der Waals surface area contributed by atoms with Gasteiger partial charge >= 0.3 is 17.9 Å². The van der Waals surface area contributed by atoms with Crippen molar-refractivity contribution in [3.05, 3.63) is 81.9 Å².